The Balaban J connectivity index is 1.68. The molecule has 0 aromatic rings. The molecule has 0 N–H and O–H groups in total. The number of halogens is 1. The number of rotatable bonds is 1. The summed E-state index contributed by atoms with van der Waals surface area (Å²) in [5.74, 6) is 0.145. The van der Waals surface area contributed by atoms with Gasteiger partial charge in [0.05, 0.1) is 12.5 Å². The molecule has 5 rings (SSSR count). The van der Waals surface area contributed by atoms with Gasteiger partial charge < -0.3 is 4.74 Å². The lowest BCUT2D eigenvalue weighted by Crippen LogP contribution is -2.66. The molecule has 37 heavy (non-hydrogen) atoms. The minimum atomic E-state index is -0.569. The summed E-state index contributed by atoms with van der Waals surface area (Å²) < 4.78 is 5.43. The van der Waals surface area contributed by atoms with E-state index in [4.69, 9.17) is 16.3 Å². The van der Waals surface area contributed by atoms with Gasteiger partial charge >= 0.3 is 5.97 Å². The molecule has 4 nitrogen and oxygen atoms in total. The zero-order chi connectivity index (χ0) is 27.4. The molecule has 4 fully saturated rings. The molecule has 0 bridgehead atoms. The van der Waals surface area contributed by atoms with Gasteiger partial charge in [0.15, 0.2) is 11.6 Å². The molecule has 0 amide bonds. The van der Waals surface area contributed by atoms with Crippen molar-refractivity contribution in [3.05, 3.63) is 22.8 Å². The number of fused-ring (bicyclic) bond motifs is 7. The van der Waals surface area contributed by atoms with Crippen LogP contribution in [-0.4, -0.2) is 24.6 Å². The predicted octanol–water partition coefficient (Wildman–Crippen LogP) is 7.44. The highest BCUT2D eigenvalue weighted by molar-refractivity contribution is 6.28. The van der Waals surface area contributed by atoms with Crippen molar-refractivity contribution < 1.29 is 19.1 Å². The van der Waals surface area contributed by atoms with Gasteiger partial charge in [0.1, 0.15) is 0 Å². The van der Waals surface area contributed by atoms with Crippen LogP contribution in [0.2, 0.25) is 0 Å². The summed E-state index contributed by atoms with van der Waals surface area (Å²) in [6.07, 6.45) is 8.73. The number of carbonyl (C=O) groups is 3. The fourth-order valence-corrected chi connectivity index (χ4v) is 10.7. The van der Waals surface area contributed by atoms with Gasteiger partial charge in [-0.25, -0.2) is 0 Å². The SMILES string of the molecule is COC(=O)C12CCC(C)(C)CC1C1C(=O)C=C3C4(C)CC(=CCl)C(=O)C(C)(C)C4CCC3(C)C1(C)CC2. The van der Waals surface area contributed by atoms with E-state index in [0.29, 0.717) is 12.0 Å². The van der Waals surface area contributed by atoms with Gasteiger partial charge in [0.25, 0.3) is 0 Å². The number of hydrogen-bond donors (Lipinski definition) is 0. The zero-order valence-corrected chi connectivity index (χ0v) is 24.8. The van der Waals surface area contributed by atoms with Crippen molar-refractivity contribution in [1.82, 2.24) is 0 Å². The van der Waals surface area contributed by atoms with Gasteiger partial charge in [0, 0.05) is 22.4 Å². The Hall–Kier alpha value is -1.42. The van der Waals surface area contributed by atoms with E-state index in [1.807, 2.05) is 6.08 Å². The summed E-state index contributed by atoms with van der Waals surface area (Å²) in [6, 6.07) is 0. The molecule has 0 heterocycles. The fourth-order valence-electron chi connectivity index (χ4n) is 10.5. The molecule has 0 spiro atoms. The summed E-state index contributed by atoms with van der Waals surface area (Å²) in [4.78, 5) is 41.1. The second-order valence-electron chi connectivity index (χ2n) is 15.2. The van der Waals surface area contributed by atoms with Crippen molar-refractivity contribution in [2.75, 3.05) is 7.11 Å². The first kappa shape index (κ1) is 27.2. The van der Waals surface area contributed by atoms with E-state index in [0.717, 1.165) is 44.9 Å². The molecular formula is C32H45ClO4. The molecule has 5 aliphatic carbocycles. The number of Topliss-reactive ketones (excluding diaryl/α,β-unsaturated/α-hetero) is 1. The molecule has 0 saturated heterocycles. The van der Waals surface area contributed by atoms with Crippen molar-refractivity contribution >= 4 is 29.1 Å². The summed E-state index contributed by atoms with van der Waals surface area (Å²) in [7, 11) is 1.50. The Morgan fingerprint density at radius 2 is 1.65 bits per heavy atom. The Labute approximate surface area is 228 Å². The third-order valence-corrected chi connectivity index (χ3v) is 13.0. The Kier molecular flexibility index (Phi) is 5.91. The van der Waals surface area contributed by atoms with Crippen LogP contribution >= 0.6 is 11.6 Å². The highest BCUT2D eigenvalue weighted by atomic mass is 35.5. The molecule has 4 saturated carbocycles. The van der Waals surface area contributed by atoms with Crippen molar-refractivity contribution in [3.8, 4) is 0 Å². The highest BCUT2D eigenvalue weighted by Crippen LogP contribution is 2.75. The molecule has 0 radical (unpaired) electrons. The number of methoxy groups -OCH3 is 1. The summed E-state index contributed by atoms with van der Waals surface area (Å²) in [6.45, 7) is 15.7. The van der Waals surface area contributed by atoms with Crippen LogP contribution in [0.15, 0.2) is 22.8 Å². The maximum Gasteiger partial charge on any atom is 0.312 e. The van der Waals surface area contributed by atoms with Crippen molar-refractivity contribution in [2.45, 2.75) is 99.8 Å². The second kappa shape index (κ2) is 8.05. The highest BCUT2D eigenvalue weighted by Gasteiger charge is 2.71. The van der Waals surface area contributed by atoms with Crippen LogP contribution in [0.5, 0.6) is 0 Å². The number of ketones is 2. The first-order valence-corrected chi connectivity index (χ1v) is 14.7. The average molecular weight is 529 g/mol. The van der Waals surface area contributed by atoms with Crippen LogP contribution in [0.3, 0.4) is 0 Å². The summed E-state index contributed by atoms with van der Waals surface area (Å²) >= 11 is 6.22. The zero-order valence-electron chi connectivity index (χ0n) is 24.1. The third kappa shape index (κ3) is 3.29. The Bertz CT molecular complexity index is 1130. The van der Waals surface area contributed by atoms with Crippen LogP contribution in [-0.2, 0) is 19.1 Å². The second-order valence-corrected chi connectivity index (χ2v) is 15.4. The fraction of sp³-hybridized carbons (Fsp3) is 0.781. The van der Waals surface area contributed by atoms with Crippen LogP contribution in [0, 0.1) is 50.2 Å². The van der Waals surface area contributed by atoms with Gasteiger partial charge in [-0.3, -0.25) is 14.4 Å². The number of hydrogen-bond acceptors (Lipinski definition) is 4. The van der Waals surface area contributed by atoms with Gasteiger partial charge in [-0.05, 0) is 90.9 Å². The third-order valence-electron chi connectivity index (χ3n) is 12.7. The number of ether oxygens (including phenoxy) is 1. The Morgan fingerprint density at radius 1 is 1.00 bits per heavy atom. The minimum Gasteiger partial charge on any atom is -0.469 e. The standard InChI is InChI=1S/C32H45ClO4/c1-27(2)11-13-32(26(36)37-8)14-12-31(7)24(20(32)17-27)21(34)15-23-29(5)16-19(18-33)25(35)28(3,4)22(29)9-10-30(23,31)6/h15,18,20,22,24H,9-14,16-17H2,1-8H3. The monoisotopic (exact) mass is 528 g/mol. The summed E-state index contributed by atoms with van der Waals surface area (Å²) in [5, 5.41) is 0. The lowest BCUT2D eigenvalue weighted by atomic mass is 9.33. The van der Waals surface area contributed by atoms with Gasteiger partial charge in [-0.15, -0.1) is 0 Å². The first-order chi connectivity index (χ1) is 17.0. The van der Waals surface area contributed by atoms with Gasteiger partial charge in [-0.1, -0.05) is 65.6 Å². The van der Waals surface area contributed by atoms with E-state index in [2.05, 4.69) is 48.5 Å². The quantitative estimate of drug-likeness (QED) is 0.262. The van der Waals surface area contributed by atoms with Crippen LogP contribution in [0.25, 0.3) is 0 Å². The molecule has 5 aliphatic rings. The molecule has 7 unspecified atom stereocenters. The van der Waals surface area contributed by atoms with Crippen LogP contribution < -0.4 is 0 Å². The smallest absolute Gasteiger partial charge is 0.312 e. The van der Waals surface area contributed by atoms with E-state index in [-0.39, 0.29) is 56.9 Å². The molecule has 0 aromatic carbocycles. The molecule has 0 aromatic heterocycles. The topological polar surface area (TPSA) is 60.4 Å². The number of carbonyl (C=O) groups excluding carboxylic acids is 3. The lowest BCUT2D eigenvalue weighted by Gasteiger charge is -2.69. The number of esters is 1. The van der Waals surface area contributed by atoms with E-state index in [9.17, 15) is 14.4 Å². The minimum absolute atomic E-state index is 0.0159. The molecular weight excluding hydrogens is 484 g/mol. The van der Waals surface area contributed by atoms with E-state index >= 15 is 0 Å². The van der Waals surface area contributed by atoms with Gasteiger partial charge in [-0.2, -0.15) is 0 Å². The van der Waals surface area contributed by atoms with E-state index < -0.39 is 10.8 Å². The van der Waals surface area contributed by atoms with E-state index in [1.165, 1.54) is 18.2 Å². The van der Waals surface area contributed by atoms with Crippen molar-refractivity contribution in [2.24, 2.45) is 50.2 Å². The lowest BCUT2D eigenvalue weighted by molar-refractivity contribution is -0.192. The summed E-state index contributed by atoms with van der Waals surface area (Å²) in [5.41, 5.74) is 1.61. The predicted molar refractivity (Wildman–Crippen MR) is 146 cm³/mol. The largest absolute Gasteiger partial charge is 0.469 e. The maximum atomic E-state index is 14.4. The van der Waals surface area contributed by atoms with E-state index in [1.54, 1.807) is 0 Å². The normalized spacial score (nSPS) is 47.2. The Morgan fingerprint density at radius 3 is 2.27 bits per heavy atom. The van der Waals surface area contributed by atoms with Crippen LogP contribution in [0.4, 0.5) is 0 Å². The average Bonchev–Trinajstić information content (AvgIpc) is 2.82. The van der Waals surface area contributed by atoms with Crippen molar-refractivity contribution in [3.63, 3.8) is 0 Å². The molecule has 204 valence electrons. The van der Waals surface area contributed by atoms with Gasteiger partial charge in [0.2, 0.25) is 0 Å². The van der Waals surface area contributed by atoms with Crippen molar-refractivity contribution in [1.29, 1.82) is 0 Å². The maximum absolute atomic E-state index is 14.4. The molecule has 5 heteroatoms. The molecule has 7 atom stereocenters. The molecule has 0 aliphatic heterocycles. The van der Waals surface area contributed by atoms with Crippen LogP contribution in [0.1, 0.15) is 99.8 Å². The number of allylic oxidation sites excluding steroid dienone is 3. The first-order valence-electron chi connectivity index (χ1n) is 14.2.